The van der Waals surface area contributed by atoms with Crippen LogP contribution < -0.4 is 10.5 Å². The zero-order valence-electron chi connectivity index (χ0n) is 8.20. The summed E-state index contributed by atoms with van der Waals surface area (Å²) in [4.78, 5) is 0. The van der Waals surface area contributed by atoms with E-state index in [4.69, 9.17) is 10.5 Å². The molecule has 0 amide bonds. The molecule has 0 aliphatic carbocycles. The van der Waals surface area contributed by atoms with Crippen molar-refractivity contribution in [2.75, 3.05) is 13.2 Å². The Balaban J connectivity index is 2.12. The Hall–Kier alpha value is -1.28. The largest absolute Gasteiger partial charge is 0.493 e. The molecule has 0 radical (unpaired) electrons. The van der Waals surface area contributed by atoms with Crippen molar-refractivity contribution in [1.29, 1.82) is 0 Å². The van der Waals surface area contributed by atoms with Gasteiger partial charge in [0.15, 0.2) is 0 Å². The van der Waals surface area contributed by atoms with Crippen molar-refractivity contribution in [1.82, 2.24) is 0 Å². The molecule has 1 heterocycles. The lowest BCUT2D eigenvalue weighted by atomic mass is 10.1. The fourth-order valence-electron chi connectivity index (χ4n) is 1.63. The first-order valence-electron chi connectivity index (χ1n) is 5.02. The van der Waals surface area contributed by atoms with Gasteiger partial charge in [-0.2, -0.15) is 0 Å². The van der Waals surface area contributed by atoms with Crippen LogP contribution in [0.5, 0.6) is 5.75 Å². The number of benzene rings is 1. The van der Waals surface area contributed by atoms with Crippen molar-refractivity contribution < 1.29 is 4.74 Å². The van der Waals surface area contributed by atoms with Crippen LogP contribution in [0, 0.1) is 0 Å². The summed E-state index contributed by atoms with van der Waals surface area (Å²) in [5, 5.41) is 0. The highest BCUT2D eigenvalue weighted by molar-refractivity contribution is 5.54. The maximum absolute atomic E-state index is 5.43. The van der Waals surface area contributed by atoms with Crippen LogP contribution in [0.3, 0.4) is 0 Å². The molecule has 0 spiro atoms. The van der Waals surface area contributed by atoms with Crippen LogP contribution in [0.4, 0.5) is 0 Å². The Morgan fingerprint density at radius 3 is 3.21 bits per heavy atom. The van der Waals surface area contributed by atoms with Gasteiger partial charge >= 0.3 is 0 Å². The van der Waals surface area contributed by atoms with E-state index >= 15 is 0 Å². The van der Waals surface area contributed by atoms with Crippen molar-refractivity contribution in [3.63, 3.8) is 0 Å². The average Bonchev–Trinajstić information content (AvgIpc) is 2.65. The van der Waals surface area contributed by atoms with Crippen LogP contribution >= 0.6 is 0 Å². The maximum Gasteiger partial charge on any atom is 0.122 e. The standard InChI is InChI=1S/C12H15NO/c13-7-2-1-3-10-4-5-12-11(9-10)6-8-14-12/h1,3-5,9H,2,6-8,13H2/b3-1+. The van der Waals surface area contributed by atoms with Gasteiger partial charge in [0.25, 0.3) is 0 Å². The second-order valence-corrected chi connectivity index (χ2v) is 3.45. The van der Waals surface area contributed by atoms with Gasteiger partial charge in [-0.3, -0.25) is 0 Å². The Kier molecular flexibility index (Phi) is 2.84. The minimum Gasteiger partial charge on any atom is -0.493 e. The lowest BCUT2D eigenvalue weighted by Crippen LogP contribution is -1.94. The van der Waals surface area contributed by atoms with Crippen molar-refractivity contribution in [3.8, 4) is 5.75 Å². The van der Waals surface area contributed by atoms with E-state index < -0.39 is 0 Å². The summed E-state index contributed by atoms with van der Waals surface area (Å²) in [6, 6.07) is 6.32. The molecule has 2 heteroatoms. The molecule has 2 rings (SSSR count). The van der Waals surface area contributed by atoms with Crippen LogP contribution in [0.2, 0.25) is 0 Å². The monoisotopic (exact) mass is 189 g/mol. The molecule has 0 unspecified atom stereocenters. The van der Waals surface area contributed by atoms with E-state index in [0.717, 1.165) is 25.2 Å². The molecule has 1 aliphatic rings. The highest BCUT2D eigenvalue weighted by Gasteiger charge is 2.10. The van der Waals surface area contributed by atoms with Gasteiger partial charge in [0.1, 0.15) is 5.75 Å². The molecule has 0 bridgehead atoms. The minimum absolute atomic E-state index is 0.713. The quantitative estimate of drug-likeness (QED) is 0.789. The van der Waals surface area contributed by atoms with Gasteiger partial charge in [-0.25, -0.2) is 0 Å². The summed E-state index contributed by atoms with van der Waals surface area (Å²) < 4.78 is 5.43. The van der Waals surface area contributed by atoms with E-state index in [1.807, 2.05) is 6.07 Å². The zero-order valence-corrected chi connectivity index (χ0v) is 8.20. The fourth-order valence-corrected chi connectivity index (χ4v) is 1.63. The van der Waals surface area contributed by atoms with Crippen molar-refractivity contribution in [3.05, 3.63) is 35.4 Å². The molecule has 0 atom stereocenters. The Morgan fingerprint density at radius 1 is 1.43 bits per heavy atom. The number of hydrogen-bond donors (Lipinski definition) is 1. The first-order valence-corrected chi connectivity index (χ1v) is 5.02. The van der Waals surface area contributed by atoms with Crippen molar-refractivity contribution >= 4 is 6.08 Å². The predicted molar refractivity (Wildman–Crippen MR) is 58.3 cm³/mol. The Labute approximate surface area is 84.4 Å². The van der Waals surface area contributed by atoms with Gasteiger partial charge in [0.2, 0.25) is 0 Å². The van der Waals surface area contributed by atoms with Crippen molar-refractivity contribution in [2.24, 2.45) is 5.73 Å². The summed E-state index contributed by atoms with van der Waals surface area (Å²) in [5.41, 5.74) is 7.97. The second kappa shape index (κ2) is 4.29. The SMILES string of the molecule is NCC/C=C/c1ccc2c(c1)CCO2. The van der Waals surface area contributed by atoms with Gasteiger partial charge < -0.3 is 10.5 Å². The molecule has 1 aromatic carbocycles. The van der Waals surface area contributed by atoms with Crippen LogP contribution in [0.1, 0.15) is 17.5 Å². The highest BCUT2D eigenvalue weighted by Crippen LogP contribution is 2.26. The molecule has 0 aromatic heterocycles. The molecule has 14 heavy (non-hydrogen) atoms. The fraction of sp³-hybridized carbons (Fsp3) is 0.333. The summed E-state index contributed by atoms with van der Waals surface area (Å²) in [5.74, 6) is 1.04. The molecular formula is C12H15NO. The lowest BCUT2D eigenvalue weighted by Gasteiger charge is -1.99. The Bertz CT molecular complexity index is 344. The summed E-state index contributed by atoms with van der Waals surface area (Å²) in [7, 11) is 0. The van der Waals surface area contributed by atoms with Gasteiger partial charge in [0, 0.05) is 6.42 Å². The van der Waals surface area contributed by atoms with E-state index in [9.17, 15) is 0 Å². The van der Waals surface area contributed by atoms with E-state index in [1.54, 1.807) is 0 Å². The van der Waals surface area contributed by atoms with Gasteiger partial charge in [0.05, 0.1) is 6.61 Å². The number of fused-ring (bicyclic) bond motifs is 1. The molecule has 1 aliphatic heterocycles. The van der Waals surface area contributed by atoms with Gasteiger partial charge in [-0.05, 0) is 36.2 Å². The third kappa shape index (κ3) is 1.96. The van der Waals surface area contributed by atoms with Crippen LogP contribution in [-0.2, 0) is 6.42 Å². The summed E-state index contributed by atoms with van der Waals surface area (Å²) in [6.45, 7) is 1.54. The molecular weight excluding hydrogens is 174 g/mol. The number of hydrogen-bond acceptors (Lipinski definition) is 2. The topological polar surface area (TPSA) is 35.2 Å². The van der Waals surface area contributed by atoms with E-state index in [0.29, 0.717) is 6.54 Å². The maximum atomic E-state index is 5.43. The third-order valence-electron chi connectivity index (χ3n) is 2.36. The third-order valence-corrected chi connectivity index (χ3v) is 2.36. The first-order chi connectivity index (χ1) is 6.90. The van der Waals surface area contributed by atoms with Gasteiger partial charge in [-0.15, -0.1) is 0 Å². The number of ether oxygens (including phenoxy) is 1. The highest BCUT2D eigenvalue weighted by atomic mass is 16.5. The van der Waals surface area contributed by atoms with Crippen LogP contribution in [-0.4, -0.2) is 13.2 Å². The summed E-state index contributed by atoms with van der Waals surface area (Å²) in [6.07, 6.45) is 6.20. The molecule has 2 N–H and O–H groups in total. The second-order valence-electron chi connectivity index (χ2n) is 3.45. The smallest absolute Gasteiger partial charge is 0.122 e. The lowest BCUT2D eigenvalue weighted by molar-refractivity contribution is 0.357. The van der Waals surface area contributed by atoms with E-state index in [2.05, 4.69) is 24.3 Å². The summed E-state index contributed by atoms with van der Waals surface area (Å²) >= 11 is 0. The Morgan fingerprint density at radius 2 is 2.36 bits per heavy atom. The molecule has 0 saturated heterocycles. The molecule has 2 nitrogen and oxygen atoms in total. The van der Waals surface area contributed by atoms with E-state index in [-0.39, 0.29) is 0 Å². The van der Waals surface area contributed by atoms with Crippen LogP contribution in [0.15, 0.2) is 24.3 Å². The average molecular weight is 189 g/mol. The zero-order chi connectivity index (χ0) is 9.80. The molecule has 74 valence electrons. The number of rotatable bonds is 3. The van der Waals surface area contributed by atoms with Crippen LogP contribution in [0.25, 0.3) is 6.08 Å². The number of nitrogens with two attached hydrogens (primary N) is 1. The molecule has 1 aromatic rings. The van der Waals surface area contributed by atoms with Crippen molar-refractivity contribution in [2.45, 2.75) is 12.8 Å². The normalized spacial score (nSPS) is 14.4. The van der Waals surface area contributed by atoms with Gasteiger partial charge in [-0.1, -0.05) is 18.2 Å². The van der Waals surface area contributed by atoms with E-state index in [1.165, 1.54) is 11.1 Å². The first kappa shape index (κ1) is 9.28. The minimum atomic E-state index is 0.713. The molecule has 0 fully saturated rings. The predicted octanol–water partition coefficient (Wildman–Crippen LogP) is 1.98. The molecule has 0 saturated carbocycles.